The fourth-order valence-corrected chi connectivity index (χ4v) is 5.08. The zero-order valence-electron chi connectivity index (χ0n) is 20.7. The van der Waals surface area contributed by atoms with E-state index in [9.17, 15) is 0 Å². The molecule has 8 heteroatoms. The van der Waals surface area contributed by atoms with E-state index in [1.807, 2.05) is 30.7 Å². The summed E-state index contributed by atoms with van der Waals surface area (Å²) in [5, 5.41) is 12.4. The Labute approximate surface area is 210 Å². The predicted molar refractivity (Wildman–Crippen MR) is 146 cm³/mol. The molecule has 0 unspecified atom stereocenters. The standard InChI is InChI=1S/C28H32N8/c1-2-3-5-11-30-20-15-19(17-29-18-20)22-8-9-23-26(32-22)27(35-34-23)24-16-21-25(10-12-31-28(21)33-24)36-13-6-4-7-14-36/h8-10,12,15-18,30H,2-7,11,13-14H2,1H3,(H,31,33)(H,34,35). The number of hydrogen-bond acceptors (Lipinski definition) is 6. The van der Waals surface area contributed by atoms with Crippen LogP contribution in [0.5, 0.6) is 0 Å². The zero-order chi connectivity index (χ0) is 24.3. The third kappa shape index (κ3) is 4.39. The van der Waals surface area contributed by atoms with Gasteiger partial charge in [0, 0.05) is 54.9 Å². The van der Waals surface area contributed by atoms with E-state index >= 15 is 0 Å². The molecular weight excluding hydrogens is 448 g/mol. The second-order valence-electron chi connectivity index (χ2n) is 9.58. The molecule has 1 fully saturated rings. The molecule has 0 bridgehead atoms. The van der Waals surface area contributed by atoms with Gasteiger partial charge in [0.25, 0.3) is 0 Å². The van der Waals surface area contributed by atoms with Crippen LogP contribution in [0.25, 0.3) is 44.7 Å². The number of piperidine rings is 1. The first-order valence-electron chi connectivity index (χ1n) is 13.1. The lowest BCUT2D eigenvalue weighted by atomic mass is 10.1. The smallest absolute Gasteiger partial charge is 0.139 e. The second-order valence-corrected chi connectivity index (χ2v) is 9.58. The van der Waals surface area contributed by atoms with Crippen LogP contribution >= 0.6 is 0 Å². The molecule has 0 aromatic carbocycles. The Morgan fingerprint density at radius 1 is 1.03 bits per heavy atom. The lowest BCUT2D eigenvalue weighted by Crippen LogP contribution is -2.29. The molecule has 5 aromatic rings. The largest absolute Gasteiger partial charge is 0.384 e. The lowest BCUT2D eigenvalue weighted by molar-refractivity contribution is 0.579. The van der Waals surface area contributed by atoms with Gasteiger partial charge in [-0.2, -0.15) is 5.10 Å². The van der Waals surface area contributed by atoms with Gasteiger partial charge in [-0.1, -0.05) is 19.8 Å². The van der Waals surface area contributed by atoms with Crippen LogP contribution in [-0.2, 0) is 0 Å². The van der Waals surface area contributed by atoms with E-state index in [1.54, 1.807) is 0 Å². The Hall–Kier alpha value is -3.94. The van der Waals surface area contributed by atoms with Crippen LogP contribution < -0.4 is 10.2 Å². The van der Waals surface area contributed by atoms with Gasteiger partial charge < -0.3 is 15.2 Å². The van der Waals surface area contributed by atoms with Crippen LogP contribution in [0.15, 0.2) is 48.9 Å². The first-order valence-corrected chi connectivity index (χ1v) is 13.1. The molecule has 8 nitrogen and oxygen atoms in total. The van der Waals surface area contributed by atoms with Gasteiger partial charge >= 0.3 is 0 Å². The highest BCUT2D eigenvalue weighted by atomic mass is 15.1. The number of nitrogens with one attached hydrogen (secondary N) is 3. The minimum Gasteiger partial charge on any atom is -0.384 e. The summed E-state index contributed by atoms with van der Waals surface area (Å²) >= 11 is 0. The van der Waals surface area contributed by atoms with E-state index in [1.165, 1.54) is 37.8 Å². The number of nitrogens with zero attached hydrogens (tertiary/aromatic N) is 5. The molecule has 1 aliphatic heterocycles. The van der Waals surface area contributed by atoms with Crippen LogP contribution in [0.4, 0.5) is 11.4 Å². The number of rotatable bonds is 8. The maximum atomic E-state index is 5.00. The number of aromatic nitrogens is 6. The third-order valence-corrected chi connectivity index (χ3v) is 7.01. The number of fused-ring (bicyclic) bond motifs is 2. The summed E-state index contributed by atoms with van der Waals surface area (Å²) in [6.07, 6.45) is 13.0. The normalized spacial score (nSPS) is 14.1. The van der Waals surface area contributed by atoms with Crippen molar-refractivity contribution in [1.82, 2.24) is 30.1 Å². The Morgan fingerprint density at radius 2 is 1.94 bits per heavy atom. The average Bonchev–Trinajstić information content (AvgIpc) is 3.55. The second kappa shape index (κ2) is 9.97. The maximum Gasteiger partial charge on any atom is 0.139 e. The lowest BCUT2D eigenvalue weighted by Gasteiger charge is -2.29. The maximum absolute atomic E-state index is 5.00. The highest BCUT2D eigenvalue weighted by Gasteiger charge is 2.18. The minimum atomic E-state index is 0.802. The average molecular weight is 481 g/mol. The number of unbranched alkanes of at least 4 members (excludes halogenated alkanes) is 2. The predicted octanol–water partition coefficient (Wildman–Crippen LogP) is 6.16. The fourth-order valence-electron chi connectivity index (χ4n) is 5.08. The summed E-state index contributed by atoms with van der Waals surface area (Å²) in [7, 11) is 0. The molecule has 1 saturated heterocycles. The summed E-state index contributed by atoms with van der Waals surface area (Å²) < 4.78 is 0. The topological polar surface area (TPSA) is 98.4 Å². The van der Waals surface area contributed by atoms with Gasteiger partial charge in [0.2, 0.25) is 0 Å². The molecule has 6 rings (SSSR count). The number of aromatic amines is 2. The molecular formula is C28H32N8. The van der Waals surface area contributed by atoms with Crippen molar-refractivity contribution in [3.63, 3.8) is 0 Å². The monoisotopic (exact) mass is 480 g/mol. The van der Waals surface area contributed by atoms with Crippen molar-refractivity contribution in [2.24, 2.45) is 0 Å². The first kappa shape index (κ1) is 22.5. The van der Waals surface area contributed by atoms with E-state index < -0.39 is 0 Å². The van der Waals surface area contributed by atoms with E-state index in [0.29, 0.717) is 0 Å². The van der Waals surface area contributed by atoms with Crippen molar-refractivity contribution in [2.75, 3.05) is 29.9 Å². The van der Waals surface area contributed by atoms with Gasteiger partial charge in [0.15, 0.2) is 0 Å². The molecule has 1 aliphatic rings. The molecule has 6 heterocycles. The Bertz CT molecular complexity index is 1480. The molecule has 36 heavy (non-hydrogen) atoms. The van der Waals surface area contributed by atoms with Gasteiger partial charge in [0.1, 0.15) is 16.9 Å². The molecule has 0 amide bonds. The van der Waals surface area contributed by atoms with Crippen LogP contribution in [0, 0.1) is 0 Å². The highest BCUT2D eigenvalue weighted by molar-refractivity contribution is 5.97. The molecule has 0 spiro atoms. The van der Waals surface area contributed by atoms with Crippen molar-refractivity contribution in [3.05, 3.63) is 48.9 Å². The van der Waals surface area contributed by atoms with Crippen LogP contribution in [0.2, 0.25) is 0 Å². The summed E-state index contributed by atoms with van der Waals surface area (Å²) in [6, 6.07) is 10.5. The van der Waals surface area contributed by atoms with Gasteiger partial charge in [0.05, 0.1) is 22.6 Å². The van der Waals surface area contributed by atoms with Crippen LogP contribution in [-0.4, -0.2) is 49.8 Å². The quantitative estimate of drug-likeness (QED) is 0.230. The van der Waals surface area contributed by atoms with Crippen LogP contribution in [0.1, 0.15) is 45.4 Å². The zero-order valence-corrected chi connectivity index (χ0v) is 20.7. The first-order chi connectivity index (χ1) is 17.8. The Balaban J connectivity index is 1.33. The van der Waals surface area contributed by atoms with E-state index in [-0.39, 0.29) is 0 Å². The van der Waals surface area contributed by atoms with E-state index in [4.69, 9.17) is 4.98 Å². The van der Waals surface area contributed by atoms with Gasteiger partial charge in [-0.05, 0) is 56.0 Å². The molecule has 0 radical (unpaired) electrons. The SMILES string of the molecule is CCCCCNc1cncc(-c2ccc3[nH]nc(-c4cc5c(N6CCCCC6)ccnc5[nH]4)c3n2)c1. The van der Waals surface area contributed by atoms with Crippen LogP contribution in [0.3, 0.4) is 0 Å². The molecule has 0 aliphatic carbocycles. The number of anilines is 2. The van der Waals surface area contributed by atoms with Gasteiger partial charge in [-0.3, -0.25) is 10.1 Å². The van der Waals surface area contributed by atoms with E-state index in [2.05, 4.69) is 60.5 Å². The number of hydrogen-bond donors (Lipinski definition) is 3. The molecule has 5 aromatic heterocycles. The third-order valence-electron chi connectivity index (χ3n) is 7.01. The molecule has 184 valence electrons. The number of pyridine rings is 3. The summed E-state index contributed by atoms with van der Waals surface area (Å²) in [5.74, 6) is 0. The molecule has 3 N–H and O–H groups in total. The van der Waals surface area contributed by atoms with Gasteiger partial charge in [-0.25, -0.2) is 9.97 Å². The summed E-state index contributed by atoms with van der Waals surface area (Å²) in [5.41, 5.74) is 8.45. The summed E-state index contributed by atoms with van der Waals surface area (Å²) in [6.45, 7) is 5.35. The molecule has 0 saturated carbocycles. The Morgan fingerprint density at radius 3 is 2.83 bits per heavy atom. The summed E-state index contributed by atoms with van der Waals surface area (Å²) in [4.78, 5) is 20.0. The van der Waals surface area contributed by atoms with Crippen molar-refractivity contribution in [2.45, 2.75) is 45.4 Å². The van der Waals surface area contributed by atoms with Crippen molar-refractivity contribution in [1.29, 1.82) is 0 Å². The van der Waals surface area contributed by atoms with Crippen molar-refractivity contribution >= 4 is 33.4 Å². The van der Waals surface area contributed by atoms with Crippen molar-refractivity contribution < 1.29 is 0 Å². The van der Waals surface area contributed by atoms with E-state index in [0.717, 1.165) is 76.5 Å². The number of H-pyrrole nitrogens is 2. The molecule has 0 atom stereocenters. The van der Waals surface area contributed by atoms with Crippen molar-refractivity contribution in [3.8, 4) is 22.6 Å². The minimum absolute atomic E-state index is 0.802. The Kier molecular flexibility index (Phi) is 6.24. The van der Waals surface area contributed by atoms with Gasteiger partial charge in [-0.15, -0.1) is 0 Å². The fraction of sp³-hybridized carbons (Fsp3) is 0.357. The highest BCUT2D eigenvalue weighted by Crippen LogP contribution is 2.33.